The first-order chi connectivity index (χ1) is 9.47. The molecule has 0 N–H and O–H groups in total. The lowest BCUT2D eigenvalue weighted by Crippen LogP contribution is -2.01. The third-order valence-electron chi connectivity index (χ3n) is 2.43. The summed E-state index contributed by atoms with van der Waals surface area (Å²) in [5.41, 5.74) is 1.60. The number of hydrogen-bond donors (Lipinski definition) is 0. The van der Waals surface area contributed by atoms with Crippen molar-refractivity contribution in [2.75, 3.05) is 0 Å². The molecule has 0 atom stereocenters. The van der Waals surface area contributed by atoms with E-state index in [2.05, 4.69) is 38.4 Å². The average Bonchev–Trinajstić information content (AvgIpc) is 2.37. The van der Waals surface area contributed by atoms with Gasteiger partial charge in [0.2, 0.25) is 0 Å². The third kappa shape index (κ3) is 5.10. The summed E-state index contributed by atoms with van der Waals surface area (Å²) in [6, 6.07) is 5.55. The van der Waals surface area contributed by atoms with Crippen LogP contribution in [0, 0.1) is 0 Å². The maximum atomic E-state index is 11.7. The number of carbonyl (C=O) groups is 1. The monoisotopic (exact) mass is 398 g/mol. The minimum atomic E-state index is -0.0291. The predicted octanol–water partition coefficient (Wildman–Crippen LogP) is 5.53. The van der Waals surface area contributed by atoms with Gasteiger partial charge in [0.05, 0.1) is 5.56 Å². The van der Waals surface area contributed by atoms with Crippen molar-refractivity contribution >= 4 is 37.6 Å². The molecule has 106 valence electrons. The zero-order chi connectivity index (χ0) is 15.1. The fourth-order valence-corrected chi connectivity index (χ4v) is 2.15. The Kier molecular flexibility index (Phi) is 6.96. The van der Waals surface area contributed by atoms with Gasteiger partial charge in [-0.3, -0.25) is 4.79 Å². The van der Waals surface area contributed by atoms with Gasteiger partial charge in [-0.05, 0) is 48.2 Å². The molecular weight excluding hydrogens is 384 g/mol. The number of ether oxygens (including phenoxy) is 1. The molecule has 0 unspecified atom stereocenters. The summed E-state index contributed by atoms with van der Waals surface area (Å²) in [4.78, 5) is 11.7. The van der Waals surface area contributed by atoms with E-state index in [1.807, 2.05) is 25.1 Å². The molecule has 0 heterocycles. The van der Waals surface area contributed by atoms with Crippen molar-refractivity contribution in [1.29, 1.82) is 0 Å². The van der Waals surface area contributed by atoms with Crippen LogP contribution in [0.5, 0.6) is 5.75 Å². The Labute approximate surface area is 136 Å². The maximum Gasteiger partial charge on any atom is 0.163 e. The lowest BCUT2D eigenvalue weighted by Gasteiger charge is -2.11. The van der Waals surface area contributed by atoms with Crippen LogP contribution in [0.2, 0.25) is 0 Å². The van der Waals surface area contributed by atoms with E-state index >= 15 is 0 Å². The van der Waals surface area contributed by atoms with E-state index in [0.717, 1.165) is 10.0 Å². The molecule has 0 amide bonds. The Bertz CT molecular complexity index is 568. The topological polar surface area (TPSA) is 26.3 Å². The largest absolute Gasteiger partial charge is 0.457 e. The molecule has 2 nitrogen and oxygen atoms in total. The lowest BCUT2D eigenvalue weighted by molar-refractivity contribution is 0.101. The highest BCUT2D eigenvalue weighted by Gasteiger charge is 2.10. The molecule has 1 rings (SSSR count). The number of benzene rings is 1. The van der Waals surface area contributed by atoms with Gasteiger partial charge in [-0.2, -0.15) is 0 Å². The van der Waals surface area contributed by atoms with Gasteiger partial charge >= 0.3 is 0 Å². The average molecular weight is 400 g/mol. The van der Waals surface area contributed by atoms with Crippen LogP contribution < -0.4 is 4.74 Å². The van der Waals surface area contributed by atoms with E-state index in [4.69, 9.17) is 4.74 Å². The first kappa shape index (κ1) is 16.9. The molecule has 0 bridgehead atoms. The Morgan fingerprint density at radius 1 is 1.40 bits per heavy atom. The summed E-state index contributed by atoms with van der Waals surface area (Å²) in [5, 5.41) is 0.704. The summed E-state index contributed by atoms with van der Waals surface area (Å²) in [6.45, 7) is 7.10. The quantitative estimate of drug-likeness (QED) is 0.272. The van der Waals surface area contributed by atoms with Gasteiger partial charge in [0.25, 0.3) is 0 Å². The van der Waals surface area contributed by atoms with Gasteiger partial charge in [-0.15, -0.1) is 0 Å². The van der Waals surface area contributed by atoms with Crippen molar-refractivity contribution in [1.82, 2.24) is 0 Å². The van der Waals surface area contributed by atoms with E-state index in [1.165, 1.54) is 6.92 Å². The van der Waals surface area contributed by atoms with Crippen LogP contribution in [0.3, 0.4) is 0 Å². The molecule has 0 fully saturated rings. The molecule has 0 aliphatic rings. The van der Waals surface area contributed by atoms with Crippen LogP contribution >= 0.6 is 31.9 Å². The summed E-state index contributed by atoms with van der Waals surface area (Å²) in [6.07, 6.45) is 5.21. The van der Waals surface area contributed by atoms with Gasteiger partial charge < -0.3 is 4.74 Å². The predicted molar refractivity (Wildman–Crippen MR) is 90.7 cm³/mol. The highest BCUT2D eigenvalue weighted by atomic mass is 79.9. The first-order valence-corrected chi connectivity index (χ1v) is 7.93. The highest BCUT2D eigenvalue weighted by Crippen LogP contribution is 2.25. The van der Waals surface area contributed by atoms with Crippen LogP contribution in [0.25, 0.3) is 0 Å². The molecule has 0 aliphatic carbocycles. The van der Waals surface area contributed by atoms with Gasteiger partial charge in [0.1, 0.15) is 11.5 Å². The molecule has 0 radical (unpaired) electrons. The molecule has 0 saturated carbocycles. The summed E-state index contributed by atoms with van der Waals surface area (Å²) in [7, 11) is 0. The van der Waals surface area contributed by atoms with Crippen LogP contribution in [-0.4, -0.2) is 5.78 Å². The number of Topliss-reactive ketones (excluding diaryl/α,β-unsaturated/α-hetero) is 1. The minimum Gasteiger partial charge on any atom is -0.457 e. The minimum absolute atomic E-state index is 0.0291. The number of alkyl halides is 1. The second-order valence-corrected chi connectivity index (χ2v) is 5.97. The van der Waals surface area contributed by atoms with E-state index in [9.17, 15) is 4.79 Å². The molecule has 0 spiro atoms. The normalized spacial score (nSPS) is 12.2. The number of hydrogen-bond acceptors (Lipinski definition) is 2. The van der Waals surface area contributed by atoms with Crippen LogP contribution in [0.4, 0.5) is 0 Å². The second-order valence-electron chi connectivity index (χ2n) is 4.16. The molecule has 4 heteroatoms. The van der Waals surface area contributed by atoms with Crippen LogP contribution in [-0.2, 0) is 5.33 Å². The molecule has 1 aromatic carbocycles. The van der Waals surface area contributed by atoms with Gasteiger partial charge in [-0.1, -0.05) is 50.6 Å². The Hall–Kier alpha value is -1.13. The zero-order valence-electron chi connectivity index (χ0n) is 11.5. The highest BCUT2D eigenvalue weighted by molar-refractivity contribution is 9.11. The molecule has 0 aromatic heterocycles. The van der Waals surface area contributed by atoms with E-state index in [1.54, 1.807) is 18.2 Å². The van der Waals surface area contributed by atoms with Crippen molar-refractivity contribution in [2.24, 2.45) is 0 Å². The summed E-state index contributed by atoms with van der Waals surface area (Å²) in [5.74, 6) is 1.13. The number of halogens is 2. The number of ketones is 1. The molecule has 1 aromatic rings. The Morgan fingerprint density at radius 3 is 2.60 bits per heavy atom. The number of allylic oxidation sites excluding steroid dienone is 4. The first-order valence-electron chi connectivity index (χ1n) is 6.02. The van der Waals surface area contributed by atoms with E-state index < -0.39 is 0 Å². The summed E-state index contributed by atoms with van der Waals surface area (Å²) >= 11 is 6.77. The Balaban J connectivity index is 3.22. The lowest BCUT2D eigenvalue weighted by atomic mass is 10.1. The van der Waals surface area contributed by atoms with Crippen molar-refractivity contribution in [3.63, 3.8) is 0 Å². The molecule has 0 saturated heterocycles. The third-order valence-corrected chi connectivity index (χ3v) is 3.31. The van der Waals surface area contributed by atoms with Crippen LogP contribution in [0.15, 0.2) is 53.2 Å². The standard InChI is InChI=1S/C16H16Br2O2/c1-4-5-14(8-11(2)18)20-16-9-13(10-17)6-7-15(16)12(3)19/h4-9H,1,10H2,2-3H3/b11-8+,14-5+. The fourth-order valence-electron chi connectivity index (χ4n) is 1.58. The molecular formula is C16H16Br2O2. The number of rotatable bonds is 6. The van der Waals surface area contributed by atoms with Crippen molar-refractivity contribution in [3.8, 4) is 5.75 Å². The van der Waals surface area contributed by atoms with Crippen molar-refractivity contribution in [3.05, 3.63) is 64.4 Å². The zero-order valence-corrected chi connectivity index (χ0v) is 14.6. The SMILES string of the molecule is C=C/C=C(\C=C(/C)Br)Oc1cc(CBr)ccc1C(C)=O. The van der Waals surface area contributed by atoms with Gasteiger partial charge in [0.15, 0.2) is 5.78 Å². The van der Waals surface area contributed by atoms with Gasteiger partial charge in [0, 0.05) is 5.33 Å². The maximum absolute atomic E-state index is 11.7. The van der Waals surface area contributed by atoms with Crippen molar-refractivity contribution in [2.45, 2.75) is 19.2 Å². The molecule has 20 heavy (non-hydrogen) atoms. The van der Waals surface area contributed by atoms with Gasteiger partial charge in [-0.25, -0.2) is 0 Å². The number of carbonyl (C=O) groups excluding carboxylic acids is 1. The second kappa shape index (κ2) is 8.22. The van der Waals surface area contributed by atoms with Crippen molar-refractivity contribution < 1.29 is 9.53 Å². The fraction of sp³-hybridized carbons (Fsp3) is 0.188. The Morgan fingerprint density at radius 2 is 2.10 bits per heavy atom. The van der Waals surface area contributed by atoms with E-state index in [0.29, 0.717) is 22.4 Å². The van der Waals surface area contributed by atoms with Crippen LogP contribution in [0.1, 0.15) is 29.8 Å². The van der Waals surface area contributed by atoms with E-state index in [-0.39, 0.29) is 5.78 Å². The summed E-state index contributed by atoms with van der Waals surface area (Å²) < 4.78 is 6.77. The smallest absolute Gasteiger partial charge is 0.163 e. The molecule has 0 aliphatic heterocycles.